The van der Waals surface area contributed by atoms with Gasteiger partial charge in [0.25, 0.3) is 5.91 Å². The average Bonchev–Trinajstić information content (AvgIpc) is 3.02. The number of halogens is 3. The third-order valence-corrected chi connectivity index (χ3v) is 6.43. The lowest BCUT2D eigenvalue weighted by molar-refractivity contribution is -0.139. The molecule has 2 N–H and O–H groups in total. The minimum atomic E-state index is -1.12. The Bertz CT molecular complexity index is 1190. The van der Waals surface area contributed by atoms with Crippen molar-refractivity contribution in [1.29, 1.82) is 0 Å². The fourth-order valence-corrected chi connectivity index (χ4v) is 4.14. The summed E-state index contributed by atoms with van der Waals surface area (Å²) in [6, 6.07) is 6.92. The van der Waals surface area contributed by atoms with Crippen LogP contribution in [0.2, 0.25) is 10.0 Å². The number of nitrogens with zero attached hydrogens (tertiary/aromatic N) is 1. The molecule has 1 unspecified atom stereocenters. The van der Waals surface area contributed by atoms with Crippen LogP contribution in [0, 0.1) is 18.7 Å². The van der Waals surface area contributed by atoms with Gasteiger partial charge in [-0.25, -0.2) is 4.39 Å². The maximum Gasteiger partial charge on any atom is 0.311 e. The zero-order valence-corrected chi connectivity index (χ0v) is 18.8. The second-order valence-corrected chi connectivity index (χ2v) is 8.52. The molecule has 31 heavy (non-hydrogen) atoms. The predicted octanol–water partition coefficient (Wildman–Crippen LogP) is 6.39. The molecule has 1 heterocycles. The third-order valence-electron chi connectivity index (χ3n) is 5.69. The van der Waals surface area contributed by atoms with Gasteiger partial charge in [-0.3, -0.25) is 14.2 Å². The van der Waals surface area contributed by atoms with Crippen molar-refractivity contribution in [2.24, 2.45) is 5.92 Å². The first-order valence-corrected chi connectivity index (χ1v) is 10.6. The standard InChI is InChI=1S/C23H22Cl2FNO4/c1-4-11(2)9-14(23(30)31)19-12(3)27(17-7-8-18(28)21(26)20(17)19)22(29)13-5-6-15(24)16(25)10-13/h5-8,10-11,14,28H,4,9H2,1-3H3,(H,30,31)/t11?,14-/m0/s1. The van der Waals surface area contributed by atoms with Crippen molar-refractivity contribution in [3.05, 3.63) is 63.0 Å². The molecule has 0 fully saturated rings. The molecular weight excluding hydrogens is 444 g/mol. The summed E-state index contributed by atoms with van der Waals surface area (Å²) in [4.78, 5) is 25.5. The topological polar surface area (TPSA) is 79.5 Å². The Labute approximate surface area is 189 Å². The molecule has 3 rings (SSSR count). The van der Waals surface area contributed by atoms with E-state index in [1.54, 1.807) is 6.92 Å². The molecule has 1 aromatic heterocycles. The highest BCUT2D eigenvalue weighted by atomic mass is 35.5. The van der Waals surface area contributed by atoms with Gasteiger partial charge in [0.05, 0.1) is 21.5 Å². The number of carbonyl (C=O) groups excluding carboxylic acids is 1. The Kier molecular flexibility index (Phi) is 6.62. The van der Waals surface area contributed by atoms with Crippen LogP contribution in [0.5, 0.6) is 5.75 Å². The Morgan fingerprint density at radius 1 is 1.16 bits per heavy atom. The lowest BCUT2D eigenvalue weighted by Gasteiger charge is -2.18. The molecule has 0 bridgehead atoms. The SMILES string of the molecule is CCC(C)C[C@H](C(=O)O)c1c(C)n(C(=O)c2ccc(Cl)c(Cl)c2)c2ccc(O)c(F)c12. The Morgan fingerprint density at radius 2 is 1.84 bits per heavy atom. The fourth-order valence-electron chi connectivity index (χ4n) is 3.84. The van der Waals surface area contributed by atoms with Gasteiger partial charge in [-0.2, -0.15) is 0 Å². The summed E-state index contributed by atoms with van der Waals surface area (Å²) < 4.78 is 16.3. The van der Waals surface area contributed by atoms with E-state index < -0.39 is 29.4 Å². The highest BCUT2D eigenvalue weighted by Gasteiger charge is 2.32. The van der Waals surface area contributed by atoms with Crippen LogP contribution in [0.25, 0.3) is 10.9 Å². The van der Waals surface area contributed by atoms with E-state index in [0.29, 0.717) is 5.69 Å². The molecule has 5 nitrogen and oxygen atoms in total. The van der Waals surface area contributed by atoms with Gasteiger partial charge in [0.2, 0.25) is 0 Å². The van der Waals surface area contributed by atoms with E-state index in [2.05, 4.69) is 0 Å². The molecule has 0 amide bonds. The number of phenols is 1. The second kappa shape index (κ2) is 8.89. The second-order valence-electron chi connectivity index (χ2n) is 7.70. The number of aliphatic carboxylic acids is 1. The van der Waals surface area contributed by atoms with Gasteiger partial charge in [0, 0.05) is 16.6 Å². The number of benzene rings is 2. The van der Waals surface area contributed by atoms with Crippen molar-refractivity contribution in [3.8, 4) is 5.75 Å². The Balaban J connectivity index is 2.32. The number of carbonyl (C=O) groups is 2. The maximum absolute atomic E-state index is 15.1. The van der Waals surface area contributed by atoms with E-state index in [1.807, 2.05) is 13.8 Å². The number of fused-ring (bicyclic) bond motifs is 1. The lowest BCUT2D eigenvalue weighted by atomic mass is 9.87. The summed E-state index contributed by atoms with van der Waals surface area (Å²) in [6.45, 7) is 5.44. The number of phenolic OH excluding ortho intramolecular Hbond substituents is 1. The summed E-state index contributed by atoms with van der Waals surface area (Å²) in [5.74, 6) is -4.17. The zero-order valence-electron chi connectivity index (χ0n) is 17.2. The summed E-state index contributed by atoms with van der Waals surface area (Å²) in [5.41, 5.74) is 0.869. The Hall–Kier alpha value is -2.57. The minimum Gasteiger partial charge on any atom is -0.505 e. The summed E-state index contributed by atoms with van der Waals surface area (Å²) >= 11 is 12.0. The van der Waals surface area contributed by atoms with Crippen LogP contribution in [0.15, 0.2) is 30.3 Å². The number of hydrogen-bond donors (Lipinski definition) is 2. The summed E-state index contributed by atoms with van der Waals surface area (Å²) in [6.07, 6.45) is 1.01. The van der Waals surface area contributed by atoms with Crippen LogP contribution < -0.4 is 0 Å². The first-order valence-electron chi connectivity index (χ1n) is 9.83. The Morgan fingerprint density at radius 3 is 2.42 bits per heavy atom. The summed E-state index contributed by atoms with van der Waals surface area (Å²) in [5, 5.41) is 20.3. The lowest BCUT2D eigenvalue weighted by Crippen LogP contribution is -2.18. The molecule has 0 aliphatic heterocycles. The number of carboxylic acid groups (broad SMARTS) is 1. The molecule has 0 radical (unpaired) electrons. The third kappa shape index (κ3) is 4.14. The zero-order chi connectivity index (χ0) is 23.0. The molecular formula is C23H22Cl2FNO4. The van der Waals surface area contributed by atoms with Crippen LogP contribution in [0.1, 0.15) is 54.2 Å². The predicted molar refractivity (Wildman–Crippen MR) is 119 cm³/mol. The molecule has 0 aliphatic rings. The van der Waals surface area contributed by atoms with Gasteiger partial charge in [-0.1, -0.05) is 43.5 Å². The molecule has 0 saturated heterocycles. The minimum absolute atomic E-state index is 0.0602. The largest absolute Gasteiger partial charge is 0.505 e. The van der Waals surface area contributed by atoms with E-state index in [9.17, 15) is 19.8 Å². The molecule has 0 spiro atoms. The van der Waals surface area contributed by atoms with Crippen molar-refractivity contribution in [2.45, 2.75) is 39.5 Å². The number of carboxylic acids is 1. The van der Waals surface area contributed by atoms with Crippen molar-refractivity contribution in [2.75, 3.05) is 0 Å². The first-order chi connectivity index (χ1) is 14.6. The van der Waals surface area contributed by atoms with Gasteiger partial charge in [0.1, 0.15) is 0 Å². The average molecular weight is 466 g/mol. The van der Waals surface area contributed by atoms with Crippen molar-refractivity contribution < 1.29 is 24.2 Å². The van der Waals surface area contributed by atoms with Crippen LogP contribution in [-0.2, 0) is 4.79 Å². The quantitative estimate of drug-likeness (QED) is 0.441. The van der Waals surface area contributed by atoms with Gasteiger partial charge < -0.3 is 10.2 Å². The highest BCUT2D eigenvalue weighted by molar-refractivity contribution is 6.42. The van der Waals surface area contributed by atoms with E-state index >= 15 is 4.39 Å². The monoisotopic (exact) mass is 465 g/mol. The number of aromatic nitrogens is 1. The van der Waals surface area contributed by atoms with Gasteiger partial charge in [-0.15, -0.1) is 0 Å². The highest BCUT2D eigenvalue weighted by Crippen LogP contribution is 2.40. The molecule has 8 heteroatoms. The van der Waals surface area contributed by atoms with Crippen LogP contribution in [0.4, 0.5) is 4.39 Å². The normalized spacial score (nSPS) is 13.4. The van der Waals surface area contributed by atoms with Crippen molar-refractivity contribution in [3.63, 3.8) is 0 Å². The fraction of sp³-hybridized carbons (Fsp3) is 0.304. The van der Waals surface area contributed by atoms with E-state index in [0.717, 1.165) is 12.5 Å². The molecule has 2 atom stereocenters. The van der Waals surface area contributed by atoms with Crippen molar-refractivity contribution in [1.82, 2.24) is 4.57 Å². The van der Waals surface area contributed by atoms with Gasteiger partial charge in [-0.05, 0) is 55.2 Å². The first kappa shape index (κ1) is 23.1. The molecule has 0 saturated carbocycles. The molecule has 0 aliphatic carbocycles. The number of aromatic hydroxyl groups is 1. The van der Waals surface area contributed by atoms with E-state index in [4.69, 9.17) is 23.2 Å². The van der Waals surface area contributed by atoms with Gasteiger partial charge in [0.15, 0.2) is 11.6 Å². The molecule has 3 aromatic rings. The number of hydrogen-bond acceptors (Lipinski definition) is 3. The van der Waals surface area contributed by atoms with E-state index in [1.165, 1.54) is 28.8 Å². The smallest absolute Gasteiger partial charge is 0.311 e. The van der Waals surface area contributed by atoms with Crippen LogP contribution in [0.3, 0.4) is 0 Å². The van der Waals surface area contributed by atoms with Crippen LogP contribution in [-0.4, -0.2) is 26.7 Å². The summed E-state index contributed by atoms with van der Waals surface area (Å²) in [7, 11) is 0. The molecule has 2 aromatic carbocycles. The van der Waals surface area contributed by atoms with E-state index in [-0.39, 0.29) is 44.4 Å². The van der Waals surface area contributed by atoms with Crippen molar-refractivity contribution >= 4 is 46.0 Å². The number of rotatable bonds is 6. The molecule has 164 valence electrons. The van der Waals surface area contributed by atoms with Crippen LogP contribution >= 0.6 is 23.2 Å². The van der Waals surface area contributed by atoms with Gasteiger partial charge >= 0.3 is 5.97 Å². The maximum atomic E-state index is 15.1.